The van der Waals surface area contributed by atoms with Crippen LogP contribution in [0, 0.1) is 0 Å². The summed E-state index contributed by atoms with van der Waals surface area (Å²) >= 11 is 2.42. The fraction of sp³-hybridized carbons (Fsp3) is 0.941. The molecule has 1 aliphatic carbocycles. The quantitative estimate of drug-likeness (QED) is 0.484. The van der Waals surface area contributed by atoms with E-state index in [4.69, 9.17) is 9.47 Å². The van der Waals surface area contributed by atoms with Crippen molar-refractivity contribution in [1.29, 1.82) is 0 Å². The fourth-order valence-corrected chi connectivity index (χ4v) is 4.01. The molecule has 1 saturated heterocycles. The zero-order valence-corrected chi connectivity index (χ0v) is 16.3. The van der Waals surface area contributed by atoms with Crippen LogP contribution in [0.2, 0.25) is 0 Å². The highest BCUT2D eigenvalue weighted by Crippen LogP contribution is 2.27. The van der Waals surface area contributed by atoms with Gasteiger partial charge in [-0.15, -0.1) is 0 Å². The van der Waals surface area contributed by atoms with Gasteiger partial charge >= 0.3 is 6.09 Å². The van der Waals surface area contributed by atoms with Crippen molar-refractivity contribution in [2.45, 2.75) is 87.5 Å². The zero-order chi connectivity index (χ0) is 16.2. The molecule has 0 aromatic carbocycles. The van der Waals surface area contributed by atoms with E-state index in [0.717, 1.165) is 6.54 Å². The summed E-state index contributed by atoms with van der Waals surface area (Å²) in [5, 5.41) is 0. The lowest BCUT2D eigenvalue weighted by atomic mass is 9.98. The molecule has 4 nitrogen and oxygen atoms in total. The number of rotatable bonds is 2. The van der Waals surface area contributed by atoms with E-state index in [1.165, 1.54) is 44.9 Å². The standard InChI is InChI=1S/C17H30INO3/c1-17(2,3)22-16(20)19-11-14(18)15(12-19)21-13-9-7-5-4-6-8-10-13/h13-15H,4-12H2,1-3H3. The minimum Gasteiger partial charge on any atom is -0.444 e. The summed E-state index contributed by atoms with van der Waals surface area (Å²) in [6, 6.07) is 0. The van der Waals surface area contributed by atoms with E-state index >= 15 is 0 Å². The maximum Gasteiger partial charge on any atom is 0.410 e. The van der Waals surface area contributed by atoms with Crippen LogP contribution >= 0.6 is 22.6 Å². The molecule has 22 heavy (non-hydrogen) atoms. The van der Waals surface area contributed by atoms with Crippen LogP contribution in [0.3, 0.4) is 0 Å². The van der Waals surface area contributed by atoms with Gasteiger partial charge in [0.25, 0.3) is 0 Å². The molecule has 2 unspecified atom stereocenters. The van der Waals surface area contributed by atoms with Crippen molar-refractivity contribution in [3.05, 3.63) is 0 Å². The first kappa shape index (κ1) is 18.3. The maximum atomic E-state index is 12.2. The van der Waals surface area contributed by atoms with Crippen molar-refractivity contribution in [2.75, 3.05) is 13.1 Å². The normalized spacial score (nSPS) is 28.3. The molecule has 1 aliphatic heterocycles. The number of amides is 1. The van der Waals surface area contributed by atoms with Crippen molar-refractivity contribution >= 4 is 28.7 Å². The average Bonchev–Trinajstić information content (AvgIpc) is 2.72. The highest BCUT2D eigenvalue weighted by molar-refractivity contribution is 14.1. The Kier molecular flexibility index (Phi) is 6.80. The Bertz CT molecular complexity index is 361. The Labute approximate surface area is 148 Å². The van der Waals surface area contributed by atoms with E-state index in [1.54, 1.807) is 4.90 Å². The van der Waals surface area contributed by atoms with Gasteiger partial charge < -0.3 is 14.4 Å². The lowest BCUT2D eigenvalue weighted by molar-refractivity contribution is -0.0188. The van der Waals surface area contributed by atoms with Gasteiger partial charge in [0.2, 0.25) is 0 Å². The van der Waals surface area contributed by atoms with Gasteiger partial charge in [0.1, 0.15) is 5.60 Å². The molecule has 2 fully saturated rings. The number of alkyl halides is 1. The van der Waals surface area contributed by atoms with Crippen molar-refractivity contribution < 1.29 is 14.3 Å². The molecule has 0 aromatic heterocycles. The highest BCUT2D eigenvalue weighted by Gasteiger charge is 2.37. The van der Waals surface area contributed by atoms with Crippen LogP contribution in [-0.2, 0) is 9.47 Å². The Morgan fingerprint density at radius 2 is 1.64 bits per heavy atom. The van der Waals surface area contributed by atoms with Crippen molar-refractivity contribution in [2.24, 2.45) is 0 Å². The van der Waals surface area contributed by atoms with Gasteiger partial charge in [0.15, 0.2) is 0 Å². The van der Waals surface area contributed by atoms with Crippen LogP contribution in [0.4, 0.5) is 4.79 Å². The smallest absolute Gasteiger partial charge is 0.410 e. The first-order valence-electron chi connectivity index (χ1n) is 8.62. The Balaban J connectivity index is 1.83. The number of carbonyl (C=O) groups excluding carboxylic acids is 1. The second-order valence-corrected chi connectivity index (χ2v) is 9.14. The molecule has 5 heteroatoms. The maximum absolute atomic E-state index is 12.2. The number of nitrogens with zero attached hydrogens (tertiary/aromatic N) is 1. The molecule has 0 radical (unpaired) electrons. The van der Waals surface area contributed by atoms with Crippen LogP contribution in [0.25, 0.3) is 0 Å². The summed E-state index contributed by atoms with van der Waals surface area (Å²) in [7, 11) is 0. The minimum absolute atomic E-state index is 0.151. The molecule has 1 amide bonds. The Hall–Kier alpha value is -0.0400. The van der Waals surface area contributed by atoms with Gasteiger partial charge in [-0.3, -0.25) is 0 Å². The molecular formula is C17H30INO3. The molecule has 128 valence electrons. The SMILES string of the molecule is CC(C)(C)OC(=O)N1CC(I)C(OC2CCCCCCC2)C1. The number of hydrogen-bond acceptors (Lipinski definition) is 3. The van der Waals surface area contributed by atoms with Gasteiger partial charge in [0, 0.05) is 6.54 Å². The molecule has 1 saturated carbocycles. The third-order valence-corrected chi connectivity index (χ3v) is 5.47. The molecule has 2 aliphatic rings. The van der Waals surface area contributed by atoms with E-state index in [-0.39, 0.29) is 12.2 Å². The van der Waals surface area contributed by atoms with Crippen LogP contribution < -0.4 is 0 Å². The predicted octanol–water partition coefficient (Wildman–Crippen LogP) is 4.54. The van der Waals surface area contributed by atoms with Gasteiger partial charge in [-0.25, -0.2) is 4.79 Å². The van der Waals surface area contributed by atoms with Crippen LogP contribution in [0.5, 0.6) is 0 Å². The van der Waals surface area contributed by atoms with Gasteiger partial charge in [-0.2, -0.15) is 0 Å². The monoisotopic (exact) mass is 423 g/mol. The number of carbonyl (C=O) groups is 1. The molecule has 2 atom stereocenters. The summed E-state index contributed by atoms with van der Waals surface area (Å²) in [6.07, 6.45) is 9.26. The van der Waals surface area contributed by atoms with Crippen LogP contribution in [-0.4, -0.2) is 45.8 Å². The molecular weight excluding hydrogens is 393 g/mol. The van der Waals surface area contributed by atoms with E-state index in [2.05, 4.69) is 22.6 Å². The zero-order valence-electron chi connectivity index (χ0n) is 14.1. The molecule has 0 aromatic rings. The van der Waals surface area contributed by atoms with E-state index in [1.807, 2.05) is 20.8 Å². The van der Waals surface area contributed by atoms with Gasteiger partial charge in [-0.05, 0) is 33.6 Å². The molecule has 2 rings (SSSR count). The topological polar surface area (TPSA) is 38.8 Å². The van der Waals surface area contributed by atoms with E-state index < -0.39 is 5.60 Å². The number of hydrogen-bond donors (Lipinski definition) is 0. The third-order valence-electron chi connectivity index (χ3n) is 4.27. The predicted molar refractivity (Wildman–Crippen MR) is 96.6 cm³/mol. The summed E-state index contributed by atoms with van der Waals surface area (Å²) in [5.74, 6) is 0. The number of ether oxygens (including phenoxy) is 2. The molecule has 0 bridgehead atoms. The summed E-state index contributed by atoms with van der Waals surface area (Å²) < 4.78 is 12.2. The number of halogens is 1. The Morgan fingerprint density at radius 1 is 1.05 bits per heavy atom. The van der Waals surface area contributed by atoms with Gasteiger partial charge in [-0.1, -0.05) is 54.7 Å². The van der Waals surface area contributed by atoms with Crippen molar-refractivity contribution in [3.63, 3.8) is 0 Å². The van der Waals surface area contributed by atoms with E-state index in [0.29, 0.717) is 16.6 Å². The molecule has 1 heterocycles. The summed E-state index contributed by atoms with van der Waals surface area (Å²) in [4.78, 5) is 14.0. The average molecular weight is 423 g/mol. The molecule has 0 N–H and O–H groups in total. The third kappa shape index (κ3) is 5.87. The number of likely N-dealkylation sites (tertiary alicyclic amines) is 1. The lowest BCUT2D eigenvalue weighted by Gasteiger charge is -2.26. The summed E-state index contributed by atoms with van der Waals surface area (Å²) in [5.41, 5.74) is -0.434. The van der Waals surface area contributed by atoms with Crippen LogP contribution in [0.1, 0.15) is 65.7 Å². The Morgan fingerprint density at radius 3 is 2.23 bits per heavy atom. The first-order valence-corrected chi connectivity index (χ1v) is 9.87. The first-order chi connectivity index (χ1) is 10.3. The highest BCUT2D eigenvalue weighted by atomic mass is 127. The summed E-state index contributed by atoms with van der Waals surface area (Å²) in [6.45, 7) is 7.12. The van der Waals surface area contributed by atoms with Gasteiger partial charge in [0.05, 0.1) is 22.7 Å². The fourth-order valence-electron chi connectivity index (χ4n) is 3.14. The molecule has 0 spiro atoms. The van der Waals surface area contributed by atoms with Crippen LogP contribution in [0.15, 0.2) is 0 Å². The second kappa shape index (κ2) is 8.18. The van der Waals surface area contributed by atoms with Crippen molar-refractivity contribution in [1.82, 2.24) is 4.90 Å². The largest absolute Gasteiger partial charge is 0.444 e. The minimum atomic E-state index is -0.434. The van der Waals surface area contributed by atoms with E-state index in [9.17, 15) is 4.79 Å². The van der Waals surface area contributed by atoms with Crippen molar-refractivity contribution in [3.8, 4) is 0 Å². The lowest BCUT2D eigenvalue weighted by Crippen LogP contribution is -2.36. The second-order valence-electron chi connectivity index (χ2n) is 7.54.